The Morgan fingerprint density at radius 1 is 0.786 bits per heavy atom. The minimum Gasteiger partial charge on any atom is -0.273 e. The predicted octanol–water partition coefficient (Wildman–Crippen LogP) is 8.46. The van der Waals surface area contributed by atoms with Gasteiger partial charge in [0.15, 0.2) is 0 Å². The monoisotopic (exact) mass is 395 g/mol. The van der Waals surface area contributed by atoms with Crippen LogP contribution >= 0.6 is 0 Å². The molecule has 4 heteroatoms. The molecule has 0 fully saturated rings. The van der Waals surface area contributed by atoms with Crippen molar-refractivity contribution < 1.29 is 4.79 Å². The van der Waals surface area contributed by atoms with E-state index in [9.17, 15) is 4.79 Å². The lowest BCUT2D eigenvalue weighted by Crippen LogP contribution is -2.35. The van der Waals surface area contributed by atoms with Gasteiger partial charge in [-0.1, -0.05) is 116 Å². The summed E-state index contributed by atoms with van der Waals surface area (Å²) >= 11 is 0. The number of nitrogens with one attached hydrogen (secondary N) is 1. The van der Waals surface area contributed by atoms with Crippen LogP contribution in [0, 0.1) is 11.4 Å². The van der Waals surface area contributed by atoms with E-state index in [4.69, 9.17) is 5.53 Å². The largest absolute Gasteiger partial charge is 0.273 e. The Labute approximate surface area is 175 Å². The first-order chi connectivity index (χ1) is 13.6. The minimum absolute atomic E-state index is 0.0312. The molecular weight excluding hydrogens is 346 g/mol. The Kier molecular flexibility index (Phi) is 18.7. The summed E-state index contributed by atoms with van der Waals surface area (Å²) in [5.74, 6) is 0.891. The predicted molar refractivity (Wildman–Crippen MR) is 120 cm³/mol. The number of hydrogen-bond acceptors (Lipinski definition) is 3. The maximum atomic E-state index is 12.3. The molecule has 0 aliphatic rings. The van der Waals surface area contributed by atoms with E-state index in [1.807, 2.05) is 0 Å². The number of amides is 1. The Morgan fingerprint density at radius 3 is 1.64 bits per heavy atom. The van der Waals surface area contributed by atoms with Crippen molar-refractivity contribution in [1.82, 2.24) is 5.01 Å². The number of rotatable bonds is 20. The molecule has 166 valence electrons. The van der Waals surface area contributed by atoms with Crippen LogP contribution in [-0.4, -0.2) is 17.0 Å². The van der Waals surface area contributed by atoms with Crippen molar-refractivity contribution in [3.05, 3.63) is 0 Å². The van der Waals surface area contributed by atoms with E-state index in [1.165, 1.54) is 75.6 Å². The molecule has 0 unspecified atom stereocenters. The summed E-state index contributed by atoms with van der Waals surface area (Å²) in [7, 11) is 0. The first kappa shape index (κ1) is 27.1. The average molecular weight is 396 g/mol. The van der Waals surface area contributed by atoms with Gasteiger partial charge in [-0.3, -0.25) is 4.79 Å². The Bertz CT molecular complexity index is 371. The van der Waals surface area contributed by atoms with Crippen LogP contribution in [0.1, 0.15) is 137 Å². The third-order valence-corrected chi connectivity index (χ3v) is 5.72. The van der Waals surface area contributed by atoms with Crippen molar-refractivity contribution in [2.75, 3.05) is 0 Å². The molecule has 0 aliphatic carbocycles. The topological polar surface area (TPSA) is 56.5 Å². The van der Waals surface area contributed by atoms with Crippen LogP contribution < -0.4 is 0 Å². The number of carbonyl (C=O) groups excluding carboxylic acids is 1. The fraction of sp³-hybridized carbons (Fsp3) is 0.958. The van der Waals surface area contributed by atoms with Crippen molar-refractivity contribution in [3.8, 4) is 0 Å². The van der Waals surface area contributed by atoms with Gasteiger partial charge in [0.25, 0.3) is 0 Å². The highest BCUT2D eigenvalue weighted by Gasteiger charge is 2.20. The molecule has 0 spiro atoms. The second-order valence-electron chi connectivity index (χ2n) is 8.86. The van der Waals surface area contributed by atoms with Crippen LogP contribution in [0.3, 0.4) is 0 Å². The smallest absolute Gasteiger partial charge is 0.244 e. The van der Waals surface area contributed by atoms with E-state index in [-0.39, 0.29) is 11.9 Å². The molecule has 1 amide bonds. The molecule has 0 saturated heterocycles. The van der Waals surface area contributed by atoms with Gasteiger partial charge in [0.2, 0.25) is 5.91 Å². The molecule has 0 radical (unpaired) electrons. The third-order valence-electron chi connectivity index (χ3n) is 5.72. The molecule has 0 aliphatic heterocycles. The first-order valence-electron chi connectivity index (χ1n) is 12.3. The van der Waals surface area contributed by atoms with Gasteiger partial charge in [0.05, 0.1) is 6.04 Å². The number of unbranched alkanes of at least 4 members (excludes halogenated alkanes) is 11. The lowest BCUT2D eigenvalue weighted by molar-refractivity contribution is -0.134. The van der Waals surface area contributed by atoms with E-state index in [0.717, 1.165) is 38.0 Å². The summed E-state index contributed by atoms with van der Waals surface area (Å²) in [4.78, 5) is 12.3. The molecule has 0 aromatic carbocycles. The summed E-state index contributed by atoms with van der Waals surface area (Å²) < 4.78 is 0. The Balaban J connectivity index is 3.51. The molecule has 0 saturated carbocycles. The van der Waals surface area contributed by atoms with Crippen LogP contribution in [0.25, 0.3) is 0 Å². The Morgan fingerprint density at radius 2 is 1.25 bits per heavy atom. The van der Waals surface area contributed by atoms with Gasteiger partial charge in [0.1, 0.15) is 0 Å². The summed E-state index contributed by atoms with van der Waals surface area (Å²) in [5.41, 5.74) is 7.32. The van der Waals surface area contributed by atoms with Gasteiger partial charge in [-0.25, -0.2) is 5.01 Å². The molecule has 4 nitrogen and oxygen atoms in total. The minimum atomic E-state index is 0.0312. The highest BCUT2D eigenvalue weighted by molar-refractivity contribution is 5.75. The van der Waals surface area contributed by atoms with Crippen molar-refractivity contribution in [2.45, 2.75) is 143 Å². The van der Waals surface area contributed by atoms with Crippen LogP contribution in [-0.2, 0) is 4.79 Å². The van der Waals surface area contributed by atoms with Crippen LogP contribution in [0.15, 0.2) is 5.22 Å². The second-order valence-corrected chi connectivity index (χ2v) is 8.86. The third kappa shape index (κ3) is 15.0. The maximum absolute atomic E-state index is 12.3. The van der Waals surface area contributed by atoms with Crippen molar-refractivity contribution in [1.29, 1.82) is 5.53 Å². The lowest BCUT2D eigenvalue weighted by Gasteiger charge is -2.24. The Hall–Kier alpha value is -0.930. The maximum Gasteiger partial charge on any atom is 0.244 e. The van der Waals surface area contributed by atoms with Gasteiger partial charge in [-0.05, 0) is 25.2 Å². The SMILES string of the molecule is CCC[C@@H](CC)N(N=N)C(=O)CCCCCCCCCCCCCCC(C)C. The number of carbonyl (C=O) groups is 1. The average Bonchev–Trinajstić information content (AvgIpc) is 2.67. The summed E-state index contributed by atoms with van der Waals surface area (Å²) in [5, 5.41) is 4.92. The molecule has 0 heterocycles. The summed E-state index contributed by atoms with van der Waals surface area (Å²) in [6.45, 7) is 8.81. The zero-order chi connectivity index (χ0) is 21.0. The van der Waals surface area contributed by atoms with Crippen LogP contribution in [0.2, 0.25) is 0 Å². The number of hydrogen-bond donors (Lipinski definition) is 1. The van der Waals surface area contributed by atoms with E-state index in [1.54, 1.807) is 0 Å². The van der Waals surface area contributed by atoms with E-state index < -0.39 is 0 Å². The van der Waals surface area contributed by atoms with Gasteiger partial charge in [0, 0.05) is 6.42 Å². The molecular formula is C24H49N3O. The molecule has 0 bridgehead atoms. The molecule has 0 aromatic rings. The normalized spacial score (nSPS) is 12.3. The standard InChI is InChI=1S/C24H49N3O/c1-5-19-23(6-2)27(26-25)24(28)21-18-16-14-12-10-8-7-9-11-13-15-17-20-22(3)4/h22-23,25H,5-21H2,1-4H3/t23-/m1/s1. The number of nitrogens with zero attached hydrogens (tertiary/aromatic N) is 2. The molecule has 1 atom stereocenters. The van der Waals surface area contributed by atoms with Gasteiger partial charge in [-0.15, -0.1) is 0 Å². The van der Waals surface area contributed by atoms with Crippen LogP contribution in [0.5, 0.6) is 0 Å². The molecule has 0 rings (SSSR count). The molecule has 0 aromatic heterocycles. The van der Waals surface area contributed by atoms with Crippen molar-refractivity contribution in [2.24, 2.45) is 11.1 Å². The summed E-state index contributed by atoms with van der Waals surface area (Å²) in [6, 6.07) is 0.102. The zero-order valence-corrected chi connectivity index (χ0v) is 19.5. The highest BCUT2D eigenvalue weighted by Crippen LogP contribution is 2.16. The summed E-state index contributed by atoms with van der Waals surface area (Å²) in [6.07, 6.45) is 20.5. The zero-order valence-electron chi connectivity index (χ0n) is 19.5. The van der Waals surface area contributed by atoms with E-state index in [0.29, 0.717) is 6.42 Å². The van der Waals surface area contributed by atoms with Crippen molar-refractivity contribution in [3.63, 3.8) is 0 Å². The molecule has 28 heavy (non-hydrogen) atoms. The van der Waals surface area contributed by atoms with Gasteiger partial charge in [-0.2, -0.15) is 5.53 Å². The first-order valence-corrected chi connectivity index (χ1v) is 12.3. The fourth-order valence-corrected chi connectivity index (χ4v) is 3.88. The van der Waals surface area contributed by atoms with Gasteiger partial charge < -0.3 is 0 Å². The highest BCUT2D eigenvalue weighted by atomic mass is 16.2. The lowest BCUT2D eigenvalue weighted by atomic mass is 10.0. The van der Waals surface area contributed by atoms with Gasteiger partial charge >= 0.3 is 0 Å². The van der Waals surface area contributed by atoms with Crippen molar-refractivity contribution >= 4 is 5.91 Å². The van der Waals surface area contributed by atoms with E-state index in [2.05, 4.69) is 32.9 Å². The second kappa shape index (κ2) is 19.4. The fourth-order valence-electron chi connectivity index (χ4n) is 3.88. The van der Waals surface area contributed by atoms with Crippen LogP contribution in [0.4, 0.5) is 0 Å². The van der Waals surface area contributed by atoms with E-state index >= 15 is 0 Å². The molecule has 1 N–H and O–H groups in total. The quantitative estimate of drug-likeness (QED) is 0.125.